The van der Waals surface area contributed by atoms with Crippen LogP contribution >= 0.6 is 22.6 Å². The Bertz CT molecular complexity index is 703. The average molecular weight is 346 g/mol. The summed E-state index contributed by atoms with van der Waals surface area (Å²) in [6.07, 6.45) is 1.73. The standard InChI is InChI=1S/C15H11IN2/c16-11-6-7-14-12(8-11)15(13(17)9-18-14)10-4-2-1-3-5-10/h1-9H,17H2. The molecule has 0 aliphatic carbocycles. The Morgan fingerprint density at radius 3 is 2.56 bits per heavy atom. The fraction of sp³-hybridized carbons (Fsp3) is 0. The molecule has 2 N–H and O–H groups in total. The Labute approximate surface area is 119 Å². The monoisotopic (exact) mass is 346 g/mol. The van der Waals surface area contributed by atoms with Gasteiger partial charge in [0, 0.05) is 14.5 Å². The molecule has 3 aromatic rings. The van der Waals surface area contributed by atoms with Crippen molar-refractivity contribution in [1.29, 1.82) is 0 Å². The highest BCUT2D eigenvalue weighted by Crippen LogP contribution is 2.33. The molecule has 0 atom stereocenters. The fourth-order valence-corrected chi connectivity index (χ4v) is 2.60. The van der Waals surface area contributed by atoms with Crippen molar-refractivity contribution in [3.05, 3.63) is 58.3 Å². The maximum absolute atomic E-state index is 6.10. The molecule has 2 aromatic carbocycles. The third kappa shape index (κ3) is 1.95. The lowest BCUT2D eigenvalue weighted by molar-refractivity contribution is 1.41. The van der Waals surface area contributed by atoms with Crippen molar-refractivity contribution in [2.24, 2.45) is 0 Å². The van der Waals surface area contributed by atoms with E-state index in [0.29, 0.717) is 0 Å². The SMILES string of the molecule is Nc1cnc2ccc(I)cc2c1-c1ccccc1. The van der Waals surface area contributed by atoms with Gasteiger partial charge in [0.15, 0.2) is 0 Å². The van der Waals surface area contributed by atoms with E-state index in [-0.39, 0.29) is 0 Å². The van der Waals surface area contributed by atoms with Crippen LogP contribution in [0.5, 0.6) is 0 Å². The van der Waals surface area contributed by atoms with E-state index >= 15 is 0 Å². The van der Waals surface area contributed by atoms with Crippen LogP contribution in [0.4, 0.5) is 5.69 Å². The largest absolute Gasteiger partial charge is 0.397 e. The first-order valence-electron chi connectivity index (χ1n) is 5.65. The van der Waals surface area contributed by atoms with Crippen LogP contribution in [0.25, 0.3) is 22.0 Å². The summed E-state index contributed by atoms with van der Waals surface area (Å²) >= 11 is 2.31. The van der Waals surface area contributed by atoms with Gasteiger partial charge in [-0.25, -0.2) is 0 Å². The van der Waals surface area contributed by atoms with E-state index in [4.69, 9.17) is 5.73 Å². The number of fused-ring (bicyclic) bond motifs is 1. The molecule has 1 aromatic heterocycles. The van der Waals surface area contributed by atoms with Gasteiger partial charge in [-0.3, -0.25) is 4.98 Å². The zero-order valence-electron chi connectivity index (χ0n) is 9.60. The molecule has 0 amide bonds. The van der Waals surface area contributed by atoms with E-state index in [2.05, 4.69) is 51.8 Å². The van der Waals surface area contributed by atoms with E-state index < -0.39 is 0 Å². The van der Waals surface area contributed by atoms with E-state index in [1.807, 2.05) is 24.3 Å². The van der Waals surface area contributed by atoms with E-state index in [1.54, 1.807) is 6.20 Å². The van der Waals surface area contributed by atoms with Crippen LogP contribution in [0, 0.1) is 3.57 Å². The van der Waals surface area contributed by atoms with Crippen LogP contribution in [-0.2, 0) is 0 Å². The number of halogens is 1. The molecule has 3 rings (SSSR count). The second-order valence-electron chi connectivity index (χ2n) is 4.12. The molecular weight excluding hydrogens is 335 g/mol. The molecular formula is C15H11IN2. The zero-order valence-corrected chi connectivity index (χ0v) is 11.8. The summed E-state index contributed by atoms with van der Waals surface area (Å²) < 4.78 is 1.18. The number of aromatic nitrogens is 1. The van der Waals surface area contributed by atoms with Crippen molar-refractivity contribution in [3.63, 3.8) is 0 Å². The third-order valence-electron chi connectivity index (χ3n) is 2.92. The van der Waals surface area contributed by atoms with E-state index in [1.165, 1.54) is 3.57 Å². The normalized spacial score (nSPS) is 10.7. The van der Waals surface area contributed by atoms with E-state index in [0.717, 1.165) is 27.7 Å². The first-order valence-corrected chi connectivity index (χ1v) is 6.73. The predicted molar refractivity (Wildman–Crippen MR) is 84.3 cm³/mol. The van der Waals surface area contributed by atoms with Crippen molar-refractivity contribution in [3.8, 4) is 11.1 Å². The topological polar surface area (TPSA) is 38.9 Å². The Kier molecular flexibility index (Phi) is 2.91. The average Bonchev–Trinajstić information content (AvgIpc) is 2.39. The molecule has 1 heterocycles. The van der Waals surface area contributed by atoms with Gasteiger partial charge in [0.2, 0.25) is 0 Å². The Hall–Kier alpha value is -1.62. The highest BCUT2D eigenvalue weighted by atomic mass is 127. The summed E-state index contributed by atoms with van der Waals surface area (Å²) in [6, 6.07) is 16.4. The number of benzene rings is 2. The van der Waals surface area contributed by atoms with Crippen molar-refractivity contribution in [1.82, 2.24) is 4.98 Å². The second-order valence-corrected chi connectivity index (χ2v) is 5.36. The van der Waals surface area contributed by atoms with Crippen LogP contribution in [0.1, 0.15) is 0 Å². The number of nitrogens with zero attached hydrogens (tertiary/aromatic N) is 1. The van der Waals surface area contributed by atoms with Gasteiger partial charge >= 0.3 is 0 Å². The van der Waals surface area contributed by atoms with Crippen molar-refractivity contribution in [2.45, 2.75) is 0 Å². The quantitative estimate of drug-likeness (QED) is 0.674. The van der Waals surface area contributed by atoms with Gasteiger partial charge < -0.3 is 5.73 Å². The molecule has 3 heteroatoms. The highest BCUT2D eigenvalue weighted by molar-refractivity contribution is 14.1. The molecule has 0 aliphatic rings. The number of hydrogen-bond acceptors (Lipinski definition) is 2. The van der Waals surface area contributed by atoms with Gasteiger partial charge in [-0.05, 0) is 46.4 Å². The van der Waals surface area contributed by atoms with Crippen LogP contribution in [0.15, 0.2) is 54.7 Å². The minimum Gasteiger partial charge on any atom is -0.397 e. The van der Waals surface area contributed by atoms with Crippen LogP contribution in [0.2, 0.25) is 0 Å². The third-order valence-corrected chi connectivity index (χ3v) is 3.59. The summed E-state index contributed by atoms with van der Waals surface area (Å²) in [6.45, 7) is 0. The summed E-state index contributed by atoms with van der Waals surface area (Å²) in [5.74, 6) is 0. The number of nitrogens with two attached hydrogens (primary N) is 1. The van der Waals surface area contributed by atoms with Gasteiger partial charge in [0.1, 0.15) is 0 Å². The molecule has 18 heavy (non-hydrogen) atoms. The molecule has 0 bridgehead atoms. The van der Waals surface area contributed by atoms with E-state index in [9.17, 15) is 0 Å². The lowest BCUT2D eigenvalue weighted by Crippen LogP contribution is -1.94. The Morgan fingerprint density at radius 2 is 1.78 bits per heavy atom. The first-order chi connectivity index (χ1) is 8.75. The summed E-state index contributed by atoms with van der Waals surface area (Å²) in [5.41, 5.74) is 10.00. The summed E-state index contributed by atoms with van der Waals surface area (Å²) in [7, 11) is 0. The predicted octanol–water partition coefficient (Wildman–Crippen LogP) is 4.09. The lowest BCUT2D eigenvalue weighted by atomic mass is 10.00. The van der Waals surface area contributed by atoms with Crippen molar-refractivity contribution in [2.75, 3.05) is 5.73 Å². The summed E-state index contributed by atoms with van der Waals surface area (Å²) in [4.78, 5) is 4.38. The second kappa shape index (κ2) is 4.57. The molecule has 2 nitrogen and oxygen atoms in total. The van der Waals surface area contributed by atoms with Crippen LogP contribution < -0.4 is 5.73 Å². The van der Waals surface area contributed by atoms with Gasteiger partial charge in [-0.1, -0.05) is 30.3 Å². The number of anilines is 1. The van der Waals surface area contributed by atoms with Crippen LogP contribution in [0.3, 0.4) is 0 Å². The fourth-order valence-electron chi connectivity index (χ4n) is 2.11. The Morgan fingerprint density at radius 1 is 1.00 bits per heavy atom. The number of rotatable bonds is 1. The summed E-state index contributed by atoms with van der Waals surface area (Å²) in [5, 5.41) is 1.10. The smallest absolute Gasteiger partial charge is 0.0710 e. The molecule has 0 unspecified atom stereocenters. The van der Waals surface area contributed by atoms with Gasteiger partial charge in [0.05, 0.1) is 17.4 Å². The minimum absolute atomic E-state index is 0.718. The van der Waals surface area contributed by atoms with Crippen LogP contribution in [-0.4, -0.2) is 4.98 Å². The highest BCUT2D eigenvalue weighted by Gasteiger charge is 2.08. The first kappa shape index (κ1) is 11.5. The maximum Gasteiger partial charge on any atom is 0.0710 e. The van der Waals surface area contributed by atoms with Gasteiger partial charge in [0.25, 0.3) is 0 Å². The minimum atomic E-state index is 0.718. The molecule has 0 spiro atoms. The van der Waals surface area contributed by atoms with Crippen molar-refractivity contribution < 1.29 is 0 Å². The molecule has 88 valence electrons. The van der Waals surface area contributed by atoms with Gasteiger partial charge in [-0.15, -0.1) is 0 Å². The number of hydrogen-bond donors (Lipinski definition) is 1. The lowest BCUT2D eigenvalue weighted by Gasteiger charge is -2.10. The Balaban J connectivity index is 2.40. The molecule has 0 saturated carbocycles. The molecule has 0 aliphatic heterocycles. The molecule has 0 saturated heterocycles. The van der Waals surface area contributed by atoms with Crippen molar-refractivity contribution >= 4 is 39.2 Å². The number of pyridine rings is 1. The maximum atomic E-state index is 6.10. The zero-order chi connectivity index (χ0) is 12.5. The molecule has 0 radical (unpaired) electrons. The van der Waals surface area contributed by atoms with Gasteiger partial charge in [-0.2, -0.15) is 0 Å². The molecule has 0 fully saturated rings. The number of nitrogen functional groups attached to an aromatic ring is 1.